The Kier molecular flexibility index (Phi) is 5.95. The smallest absolute Gasteiger partial charge is 0.413 e. The molecule has 132 valence electrons. The second-order valence-corrected chi connectivity index (χ2v) is 7.61. The second-order valence-electron chi connectivity index (χ2n) is 6.70. The molecule has 25 heavy (non-hydrogen) atoms. The van der Waals surface area contributed by atoms with Crippen LogP contribution < -0.4 is 5.32 Å². The Hall–Kier alpha value is -2.21. The number of aryl methyl sites for hydroxylation is 1. The summed E-state index contributed by atoms with van der Waals surface area (Å²) in [5.41, 5.74) is 1.75. The molecule has 0 bridgehead atoms. The molecule has 1 amide bonds. The number of ether oxygens (including phenoxy) is 1. The number of amides is 1. The lowest BCUT2D eigenvalue weighted by Crippen LogP contribution is -2.27. The lowest BCUT2D eigenvalue weighted by atomic mass is 10.0. The Balaban J connectivity index is 2.14. The van der Waals surface area contributed by atoms with Crippen molar-refractivity contribution in [1.29, 1.82) is 0 Å². The van der Waals surface area contributed by atoms with Gasteiger partial charge in [0.1, 0.15) is 16.2 Å². The van der Waals surface area contributed by atoms with Crippen molar-refractivity contribution in [3.05, 3.63) is 59.3 Å². The van der Waals surface area contributed by atoms with Crippen molar-refractivity contribution in [1.82, 2.24) is 4.98 Å². The van der Waals surface area contributed by atoms with Crippen LogP contribution in [0.25, 0.3) is 0 Å². The third-order valence-corrected chi connectivity index (χ3v) is 4.18. The number of pyridine rings is 1. The highest BCUT2D eigenvalue weighted by molar-refractivity contribution is 9.09. The van der Waals surface area contributed by atoms with Crippen LogP contribution in [0.2, 0.25) is 0 Å². The van der Waals surface area contributed by atoms with Gasteiger partial charge >= 0.3 is 6.09 Å². The molecule has 0 fully saturated rings. The predicted molar refractivity (Wildman–Crippen MR) is 101 cm³/mol. The number of halogens is 1. The van der Waals surface area contributed by atoms with Crippen molar-refractivity contribution < 1.29 is 14.3 Å². The highest BCUT2D eigenvalue weighted by atomic mass is 79.9. The number of aromatic nitrogens is 1. The number of nitrogens with one attached hydrogen (secondary N) is 1. The van der Waals surface area contributed by atoms with Gasteiger partial charge in [-0.2, -0.15) is 0 Å². The van der Waals surface area contributed by atoms with Crippen LogP contribution in [0.15, 0.2) is 42.6 Å². The van der Waals surface area contributed by atoms with E-state index in [0.717, 1.165) is 5.56 Å². The molecule has 2 aromatic rings. The lowest BCUT2D eigenvalue weighted by molar-refractivity contribution is 0.0635. The highest BCUT2D eigenvalue weighted by Crippen LogP contribution is 2.28. The molecule has 6 heteroatoms. The molecule has 1 heterocycles. The van der Waals surface area contributed by atoms with E-state index in [9.17, 15) is 9.59 Å². The summed E-state index contributed by atoms with van der Waals surface area (Å²) in [6.45, 7) is 7.29. The molecule has 5 nitrogen and oxygen atoms in total. The summed E-state index contributed by atoms with van der Waals surface area (Å²) in [6, 6.07) is 10.8. The first-order chi connectivity index (χ1) is 11.7. The Morgan fingerprint density at radius 3 is 2.56 bits per heavy atom. The summed E-state index contributed by atoms with van der Waals surface area (Å²) in [4.78, 5) is 28.1. The summed E-state index contributed by atoms with van der Waals surface area (Å²) in [5.74, 6) is 0.270. The maximum absolute atomic E-state index is 12.6. The molecule has 0 saturated heterocycles. The number of alkyl halides is 1. The van der Waals surface area contributed by atoms with Crippen molar-refractivity contribution in [2.24, 2.45) is 0 Å². The Labute approximate surface area is 155 Å². The number of carbonyl (C=O) groups excluding carboxylic acids is 2. The highest BCUT2D eigenvalue weighted by Gasteiger charge is 2.21. The topological polar surface area (TPSA) is 68.3 Å². The molecule has 2 rings (SSSR count). The van der Waals surface area contributed by atoms with Crippen LogP contribution >= 0.6 is 15.9 Å². The zero-order valence-corrected chi connectivity index (χ0v) is 16.3. The number of anilines is 1. The number of hydrogen-bond donors (Lipinski definition) is 1. The number of benzene rings is 1. The Morgan fingerprint density at radius 1 is 1.20 bits per heavy atom. The van der Waals surface area contributed by atoms with Crippen LogP contribution in [0.5, 0.6) is 0 Å². The van der Waals surface area contributed by atoms with Crippen LogP contribution in [-0.4, -0.2) is 22.5 Å². The van der Waals surface area contributed by atoms with E-state index in [1.807, 2.05) is 25.1 Å². The van der Waals surface area contributed by atoms with Gasteiger partial charge in [-0.1, -0.05) is 39.7 Å². The third-order valence-electron chi connectivity index (χ3n) is 3.24. The van der Waals surface area contributed by atoms with Crippen molar-refractivity contribution in [3.8, 4) is 0 Å². The minimum absolute atomic E-state index is 0.0573. The van der Waals surface area contributed by atoms with Crippen LogP contribution in [-0.2, 0) is 4.74 Å². The molecule has 0 saturated carbocycles. The first kappa shape index (κ1) is 19.1. The van der Waals surface area contributed by atoms with Gasteiger partial charge in [-0.15, -0.1) is 0 Å². The van der Waals surface area contributed by atoms with Gasteiger partial charge in [-0.05, 0) is 51.5 Å². The van der Waals surface area contributed by atoms with E-state index in [-0.39, 0.29) is 5.78 Å². The van der Waals surface area contributed by atoms with E-state index < -0.39 is 16.5 Å². The molecule has 1 aromatic carbocycles. The van der Waals surface area contributed by atoms with Crippen LogP contribution in [0.1, 0.15) is 47.1 Å². The van der Waals surface area contributed by atoms with Gasteiger partial charge in [0.25, 0.3) is 0 Å². The maximum Gasteiger partial charge on any atom is 0.413 e. The van der Waals surface area contributed by atoms with Crippen LogP contribution in [0.3, 0.4) is 0 Å². The fourth-order valence-electron chi connectivity index (χ4n) is 2.18. The van der Waals surface area contributed by atoms with Gasteiger partial charge in [0.05, 0.1) is 0 Å². The van der Waals surface area contributed by atoms with E-state index in [0.29, 0.717) is 16.9 Å². The fourth-order valence-corrected chi connectivity index (χ4v) is 2.73. The van der Waals surface area contributed by atoms with Crippen molar-refractivity contribution in [2.45, 2.75) is 38.1 Å². The summed E-state index contributed by atoms with van der Waals surface area (Å²) in [7, 11) is 0. The van der Waals surface area contributed by atoms with Gasteiger partial charge in [0.2, 0.25) is 0 Å². The SMILES string of the molecule is Cc1cccc(C(=O)[C@@H](Br)c2ccnc(NC(=O)OC(C)(C)C)c2)c1. The van der Waals surface area contributed by atoms with Crippen molar-refractivity contribution >= 4 is 33.6 Å². The average Bonchev–Trinajstić information content (AvgIpc) is 2.52. The third kappa shape index (κ3) is 5.67. The van der Waals surface area contributed by atoms with Gasteiger partial charge in [-0.3, -0.25) is 10.1 Å². The monoisotopic (exact) mass is 404 g/mol. The van der Waals surface area contributed by atoms with E-state index in [1.54, 1.807) is 45.2 Å². The molecule has 1 N–H and O–H groups in total. The zero-order valence-electron chi connectivity index (χ0n) is 14.7. The standard InChI is InChI=1S/C19H21BrN2O3/c1-12-6-5-7-14(10-12)17(23)16(20)13-8-9-21-15(11-13)22-18(24)25-19(2,3)4/h5-11,16H,1-4H3,(H,21,22,24)/t16-/m0/s1. The molecule has 0 aliphatic rings. The Morgan fingerprint density at radius 2 is 1.92 bits per heavy atom. The second kappa shape index (κ2) is 7.78. The van der Waals surface area contributed by atoms with Crippen LogP contribution in [0.4, 0.5) is 10.6 Å². The molecule has 0 unspecified atom stereocenters. The molecule has 0 radical (unpaired) electrons. The summed E-state index contributed by atoms with van der Waals surface area (Å²) < 4.78 is 5.20. The number of nitrogens with zero attached hydrogens (tertiary/aromatic N) is 1. The number of hydrogen-bond acceptors (Lipinski definition) is 4. The van der Waals surface area contributed by atoms with Gasteiger partial charge in [-0.25, -0.2) is 9.78 Å². The van der Waals surface area contributed by atoms with Gasteiger partial charge in [0.15, 0.2) is 5.78 Å². The minimum Gasteiger partial charge on any atom is -0.444 e. The van der Waals surface area contributed by atoms with Gasteiger partial charge < -0.3 is 4.74 Å². The normalized spacial score (nSPS) is 12.4. The van der Waals surface area contributed by atoms with E-state index in [4.69, 9.17) is 4.74 Å². The number of ketones is 1. The molecule has 0 aliphatic carbocycles. The number of Topliss-reactive ketones (excluding diaryl/α,β-unsaturated/α-hetero) is 1. The molecule has 0 aliphatic heterocycles. The largest absolute Gasteiger partial charge is 0.444 e. The summed E-state index contributed by atoms with van der Waals surface area (Å²) >= 11 is 3.44. The van der Waals surface area contributed by atoms with E-state index >= 15 is 0 Å². The molecule has 0 spiro atoms. The van der Waals surface area contributed by atoms with Crippen LogP contribution in [0, 0.1) is 6.92 Å². The quantitative estimate of drug-likeness (QED) is 0.571. The summed E-state index contributed by atoms with van der Waals surface area (Å²) in [5, 5.41) is 2.58. The molecular weight excluding hydrogens is 384 g/mol. The van der Waals surface area contributed by atoms with E-state index in [1.165, 1.54) is 0 Å². The Bertz CT molecular complexity index is 784. The fraction of sp³-hybridized carbons (Fsp3) is 0.316. The molecular formula is C19H21BrN2O3. The first-order valence-electron chi connectivity index (χ1n) is 7.86. The number of rotatable bonds is 4. The predicted octanol–water partition coefficient (Wildman–Crippen LogP) is 5.06. The maximum atomic E-state index is 12.6. The van der Waals surface area contributed by atoms with Crippen molar-refractivity contribution in [2.75, 3.05) is 5.32 Å². The van der Waals surface area contributed by atoms with Gasteiger partial charge in [0, 0.05) is 11.8 Å². The zero-order chi connectivity index (χ0) is 18.6. The lowest BCUT2D eigenvalue weighted by Gasteiger charge is -2.19. The average molecular weight is 405 g/mol. The van der Waals surface area contributed by atoms with E-state index in [2.05, 4.69) is 26.2 Å². The first-order valence-corrected chi connectivity index (χ1v) is 8.78. The summed E-state index contributed by atoms with van der Waals surface area (Å²) in [6.07, 6.45) is 0.952. The minimum atomic E-state index is -0.596. The molecule has 1 atom stereocenters. The molecule has 1 aromatic heterocycles. The number of carbonyl (C=O) groups is 2. The van der Waals surface area contributed by atoms with Crippen molar-refractivity contribution in [3.63, 3.8) is 0 Å².